The molecular weight excluding hydrogens is 519 g/mol. The van der Waals surface area contributed by atoms with E-state index in [0.717, 1.165) is 37.6 Å². The molecule has 2 aliphatic heterocycles. The molecule has 2 atom stereocenters. The number of ether oxygens (including phenoxy) is 2. The molecule has 0 amide bonds. The molecule has 8 heteroatoms. The van der Waals surface area contributed by atoms with Crippen LogP contribution in [0.4, 0.5) is 0 Å². The third-order valence-electron chi connectivity index (χ3n) is 5.55. The highest BCUT2D eigenvalue weighted by molar-refractivity contribution is 14.0. The van der Waals surface area contributed by atoms with E-state index in [0.29, 0.717) is 32.2 Å². The lowest BCUT2D eigenvalue weighted by Crippen LogP contribution is -2.46. The second-order valence-corrected chi connectivity index (χ2v) is 8.01. The summed E-state index contributed by atoms with van der Waals surface area (Å²) in [6.07, 6.45) is 0.419. The number of guanidine groups is 1. The van der Waals surface area contributed by atoms with E-state index < -0.39 is 6.10 Å². The number of aliphatic hydroxyl groups excluding tert-OH is 1. The Labute approximate surface area is 207 Å². The first-order valence-electron chi connectivity index (χ1n) is 11.1. The van der Waals surface area contributed by atoms with Crippen molar-refractivity contribution in [1.82, 2.24) is 15.5 Å². The maximum absolute atomic E-state index is 10.5. The first-order valence-corrected chi connectivity index (χ1v) is 11.1. The van der Waals surface area contributed by atoms with Gasteiger partial charge in [0.1, 0.15) is 12.7 Å². The highest BCUT2D eigenvalue weighted by atomic mass is 127. The molecule has 0 aliphatic carbocycles. The van der Waals surface area contributed by atoms with Gasteiger partial charge >= 0.3 is 0 Å². The smallest absolute Gasteiger partial charge is 0.191 e. The summed E-state index contributed by atoms with van der Waals surface area (Å²) < 4.78 is 11.8. The van der Waals surface area contributed by atoms with E-state index in [4.69, 9.17) is 9.47 Å². The van der Waals surface area contributed by atoms with E-state index in [1.165, 1.54) is 11.1 Å². The summed E-state index contributed by atoms with van der Waals surface area (Å²) >= 11 is 0. The zero-order valence-corrected chi connectivity index (χ0v) is 20.8. The van der Waals surface area contributed by atoms with Gasteiger partial charge in [-0.25, -0.2) is 0 Å². The molecule has 0 aromatic heterocycles. The van der Waals surface area contributed by atoms with Gasteiger partial charge in [-0.3, -0.25) is 9.89 Å². The Balaban J connectivity index is 0.00000289. The summed E-state index contributed by atoms with van der Waals surface area (Å²) in [6.45, 7) is 6.64. The van der Waals surface area contributed by atoms with Gasteiger partial charge in [0.05, 0.1) is 19.2 Å². The lowest BCUT2D eigenvalue weighted by atomic mass is 10.00. The second kappa shape index (κ2) is 12.3. The number of nitrogens with one attached hydrogen (secondary N) is 2. The fourth-order valence-corrected chi connectivity index (χ4v) is 3.98. The first-order chi connectivity index (χ1) is 15.2. The molecule has 0 bridgehead atoms. The van der Waals surface area contributed by atoms with Gasteiger partial charge in [-0.15, -0.1) is 24.0 Å². The predicted molar refractivity (Wildman–Crippen MR) is 137 cm³/mol. The molecule has 0 saturated heterocycles. The average Bonchev–Trinajstić information content (AvgIpc) is 2.80. The van der Waals surface area contributed by atoms with Crippen LogP contribution in [0.25, 0.3) is 0 Å². The number of nitrogens with zero attached hydrogens (tertiary/aromatic N) is 2. The van der Waals surface area contributed by atoms with Gasteiger partial charge in [-0.05, 0) is 36.6 Å². The van der Waals surface area contributed by atoms with Gasteiger partial charge in [0, 0.05) is 26.2 Å². The molecule has 0 spiro atoms. The van der Waals surface area contributed by atoms with Crippen molar-refractivity contribution in [2.75, 3.05) is 39.3 Å². The molecule has 174 valence electrons. The molecule has 2 heterocycles. The van der Waals surface area contributed by atoms with E-state index in [9.17, 15) is 5.11 Å². The van der Waals surface area contributed by atoms with E-state index in [-0.39, 0.29) is 30.1 Å². The number of para-hydroxylation sites is 2. The summed E-state index contributed by atoms with van der Waals surface area (Å²) in [5.74, 6) is 2.22. The van der Waals surface area contributed by atoms with Crippen molar-refractivity contribution in [1.29, 1.82) is 0 Å². The summed E-state index contributed by atoms with van der Waals surface area (Å²) in [5.41, 5.74) is 2.78. The molecule has 4 rings (SSSR count). The van der Waals surface area contributed by atoms with Gasteiger partial charge in [0.25, 0.3) is 0 Å². The molecule has 0 fully saturated rings. The predicted octanol–water partition coefficient (Wildman–Crippen LogP) is 2.42. The molecule has 7 nitrogen and oxygen atoms in total. The Bertz CT molecular complexity index is 895. The SMILES string of the molecule is CCNC(=NCC(O)CN1CCc2ccccc2C1)NCC1COc2ccccc2O1.I. The third-order valence-corrected chi connectivity index (χ3v) is 5.55. The Hall–Kier alpha value is -2.04. The van der Waals surface area contributed by atoms with Crippen LogP contribution in [0.2, 0.25) is 0 Å². The van der Waals surface area contributed by atoms with Gasteiger partial charge in [0.2, 0.25) is 0 Å². The number of aliphatic imine (C=N–C) groups is 1. The Morgan fingerprint density at radius 3 is 2.69 bits per heavy atom. The molecular formula is C24H33IN4O3. The molecule has 2 unspecified atom stereocenters. The van der Waals surface area contributed by atoms with Crippen LogP contribution in [-0.4, -0.2) is 67.5 Å². The van der Waals surface area contributed by atoms with Gasteiger partial charge in [-0.2, -0.15) is 0 Å². The highest BCUT2D eigenvalue weighted by Crippen LogP contribution is 2.30. The van der Waals surface area contributed by atoms with Crippen LogP contribution in [0.5, 0.6) is 11.5 Å². The Kier molecular flexibility index (Phi) is 9.43. The molecule has 2 aromatic rings. The van der Waals surface area contributed by atoms with Gasteiger partial charge < -0.3 is 25.2 Å². The number of β-amino-alcohol motifs (C(OH)–C–C–N with tert-alkyl or cyclic N) is 1. The van der Waals surface area contributed by atoms with E-state index in [2.05, 4.69) is 44.8 Å². The van der Waals surface area contributed by atoms with Crippen LogP contribution in [-0.2, 0) is 13.0 Å². The number of aliphatic hydroxyl groups is 1. The number of benzene rings is 2. The van der Waals surface area contributed by atoms with Crippen LogP contribution < -0.4 is 20.1 Å². The van der Waals surface area contributed by atoms with E-state index >= 15 is 0 Å². The molecule has 32 heavy (non-hydrogen) atoms. The number of rotatable bonds is 7. The molecule has 2 aliphatic rings. The van der Waals surface area contributed by atoms with Crippen LogP contribution in [0.3, 0.4) is 0 Å². The topological polar surface area (TPSA) is 78.4 Å². The number of fused-ring (bicyclic) bond motifs is 2. The van der Waals surface area contributed by atoms with Crippen LogP contribution in [0.1, 0.15) is 18.1 Å². The molecule has 3 N–H and O–H groups in total. The minimum absolute atomic E-state index is 0. The maximum Gasteiger partial charge on any atom is 0.191 e. The third kappa shape index (κ3) is 6.73. The number of hydrogen-bond donors (Lipinski definition) is 3. The van der Waals surface area contributed by atoms with Crippen molar-refractivity contribution in [2.45, 2.75) is 32.1 Å². The Morgan fingerprint density at radius 2 is 1.88 bits per heavy atom. The standard InChI is InChI=1S/C24H32N4O3.HI/c1-2-25-24(27-14-21-17-30-22-9-5-6-10-23(22)31-21)26-13-20(29)16-28-12-11-18-7-3-4-8-19(18)15-28;/h3-10,20-21,29H,2,11-17H2,1H3,(H2,25,26,27);1H. The summed E-state index contributed by atoms with van der Waals surface area (Å²) in [5, 5.41) is 17.1. The first kappa shape index (κ1) is 24.6. The minimum Gasteiger partial charge on any atom is -0.486 e. The van der Waals surface area contributed by atoms with Crippen molar-refractivity contribution >= 4 is 29.9 Å². The lowest BCUT2D eigenvalue weighted by molar-refractivity contribution is 0.0935. The van der Waals surface area contributed by atoms with Crippen LogP contribution >= 0.6 is 24.0 Å². The normalized spacial score (nSPS) is 18.8. The zero-order chi connectivity index (χ0) is 21.5. The van der Waals surface area contributed by atoms with Gasteiger partial charge in [0.15, 0.2) is 17.5 Å². The largest absolute Gasteiger partial charge is 0.486 e. The summed E-state index contributed by atoms with van der Waals surface area (Å²) in [7, 11) is 0. The fraction of sp³-hybridized carbons (Fsp3) is 0.458. The van der Waals surface area contributed by atoms with Crippen LogP contribution in [0, 0.1) is 0 Å². The quantitative estimate of drug-likeness (QED) is 0.279. The van der Waals surface area contributed by atoms with E-state index in [1.807, 2.05) is 31.2 Å². The minimum atomic E-state index is -0.512. The molecule has 0 saturated carbocycles. The molecule has 2 aromatic carbocycles. The van der Waals surface area contributed by atoms with Crippen molar-refractivity contribution in [3.8, 4) is 11.5 Å². The number of hydrogen-bond acceptors (Lipinski definition) is 5. The monoisotopic (exact) mass is 552 g/mol. The van der Waals surface area contributed by atoms with Crippen molar-refractivity contribution < 1.29 is 14.6 Å². The fourth-order valence-electron chi connectivity index (χ4n) is 3.98. The highest BCUT2D eigenvalue weighted by Gasteiger charge is 2.21. The summed E-state index contributed by atoms with van der Waals surface area (Å²) in [6, 6.07) is 16.2. The average molecular weight is 552 g/mol. The van der Waals surface area contributed by atoms with E-state index in [1.54, 1.807) is 0 Å². The van der Waals surface area contributed by atoms with Crippen molar-refractivity contribution in [3.63, 3.8) is 0 Å². The second-order valence-electron chi connectivity index (χ2n) is 8.01. The zero-order valence-electron chi connectivity index (χ0n) is 18.5. The lowest BCUT2D eigenvalue weighted by Gasteiger charge is -2.30. The van der Waals surface area contributed by atoms with Crippen molar-refractivity contribution in [2.24, 2.45) is 4.99 Å². The van der Waals surface area contributed by atoms with Crippen molar-refractivity contribution in [3.05, 3.63) is 59.7 Å². The maximum atomic E-state index is 10.5. The summed E-state index contributed by atoms with van der Waals surface area (Å²) in [4.78, 5) is 6.87. The number of halogens is 1. The molecule has 0 radical (unpaired) electrons. The van der Waals surface area contributed by atoms with Gasteiger partial charge in [-0.1, -0.05) is 36.4 Å². The Morgan fingerprint density at radius 1 is 1.12 bits per heavy atom. The van der Waals surface area contributed by atoms with Crippen LogP contribution in [0.15, 0.2) is 53.5 Å².